The molecule has 0 fully saturated rings. The zero-order chi connectivity index (χ0) is 18.2. The fraction of sp³-hybridized carbons (Fsp3) is 0.316. The average molecular weight is 343 g/mol. The van der Waals surface area contributed by atoms with E-state index in [1.54, 1.807) is 30.6 Å². The van der Waals surface area contributed by atoms with E-state index >= 15 is 0 Å². The molecule has 2 amide bonds. The third-order valence-corrected chi connectivity index (χ3v) is 3.73. The highest BCUT2D eigenvalue weighted by Crippen LogP contribution is 2.06. The number of hydrogen-bond acceptors (Lipinski definition) is 3. The minimum atomic E-state index is -0.635. The maximum Gasteiger partial charge on any atom is 0.243 e. The molecule has 0 bridgehead atoms. The first-order valence-electron chi connectivity index (χ1n) is 8.16. The Balaban J connectivity index is 1.91. The highest BCUT2D eigenvalue weighted by molar-refractivity contribution is 5.88. The molecule has 1 heterocycles. The molecule has 2 aromatic rings. The highest BCUT2D eigenvalue weighted by atomic mass is 19.1. The van der Waals surface area contributed by atoms with E-state index in [0.29, 0.717) is 12.1 Å². The molecule has 132 valence electrons. The number of rotatable bonds is 7. The SMILES string of the molecule is CC(C)[C@@H](NC(=O)Cc1ccc(F)cc1)C(=O)NCc1cccnc1. The molecule has 0 aliphatic rings. The van der Waals surface area contributed by atoms with E-state index in [1.165, 1.54) is 12.1 Å². The zero-order valence-corrected chi connectivity index (χ0v) is 14.3. The van der Waals surface area contributed by atoms with Crippen molar-refractivity contribution in [2.75, 3.05) is 0 Å². The Labute approximate surface area is 146 Å². The van der Waals surface area contributed by atoms with Crippen LogP contribution >= 0.6 is 0 Å². The number of nitrogens with one attached hydrogen (secondary N) is 2. The van der Waals surface area contributed by atoms with Gasteiger partial charge in [0.2, 0.25) is 11.8 Å². The van der Waals surface area contributed by atoms with Crippen LogP contribution in [0.1, 0.15) is 25.0 Å². The number of carbonyl (C=O) groups is 2. The van der Waals surface area contributed by atoms with Crippen molar-refractivity contribution in [3.05, 3.63) is 65.7 Å². The van der Waals surface area contributed by atoms with Crippen LogP contribution in [0.5, 0.6) is 0 Å². The van der Waals surface area contributed by atoms with Crippen LogP contribution in [0, 0.1) is 11.7 Å². The van der Waals surface area contributed by atoms with Crippen molar-refractivity contribution >= 4 is 11.8 Å². The molecule has 0 aliphatic carbocycles. The summed E-state index contributed by atoms with van der Waals surface area (Å²) in [6.45, 7) is 4.09. The molecule has 1 aromatic heterocycles. The maximum absolute atomic E-state index is 12.9. The summed E-state index contributed by atoms with van der Waals surface area (Å²) in [4.78, 5) is 28.6. The van der Waals surface area contributed by atoms with E-state index in [-0.39, 0.29) is 30.0 Å². The Morgan fingerprint density at radius 2 is 1.84 bits per heavy atom. The number of hydrogen-bond donors (Lipinski definition) is 2. The summed E-state index contributed by atoms with van der Waals surface area (Å²) in [7, 11) is 0. The van der Waals surface area contributed by atoms with Gasteiger partial charge in [0.1, 0.15) is 11.9 Å². The molecule has 0 saturated carbocycles. The number of nitrogens with zero attached hydrogens (tertiary/aromatic N) is 1. The van der Waals surface area contributed by atoms with Gasteiger partial charge in [-0.1, -0.05) is 32.0 Å². The topological polar surface area (TPSA) is 71.1 Å². The van der Waals surface area contributed by atoms with E-state index in [9.17, 15) is 14.0 Å². The normalized spacial score (nSPS) is 11.8. The van der Waals surface area contributed by atoms with Gasteiger partial charge in [-0.3, -0.25) is 14.6 Å². The van der Waals surface area contributed by atoms with Crippen molar-refractivity contribution in [1.29, 1.82) is 0 Å². The fourth-order valence-electron chi connectivity index (χ4n) is 2.35. The average Bonchev–Trinajstić information content (AvgIpc) is 2.60. The number of amides is 2. The first-order chi connectivity index (χ1) is 12.0. The van der Waals surface area contributed by atoms with Gasteiger partial charge >= 0.3 is 0 Å². The summed E-state index contributed by atoms with van der Waals surface area (Å²) in [5.74, 6) is -0.932. The molecule has 5 nitrogen and oxygen atoms in total. The second kappa shape index (κ2) is 8.92. The van der Waals surface area contributed by atoms with Crippen molar-refractivity contribution in [1.82, 2.24) is 15.6 Å². The lowest BCUT2D eigenvalue weighted by Gasteiger charge is -2.21. The van der Waals surface area contributed by atoms with Crippen molar-refractivity contribution in [2.45, 2.75) is 32.9 Å². The summed E-state index contributed by atoms with van der Waals surface area (Å²) in [5, 5.41) is 5.57. The van der Waals surface area contributed by atoms with Gasteiger partial charge in [0.15, 0.2) is 0 Å². The monoisotopic (exact) mass is 343 g/mol. The Bertz CT molecular complexity index is 702. The first kappa shape index (κ1) is 18.6. The molecule has 0 unspecified atom stereocenters. The summed E-state index contributed by atoms with van der Waals surface area (Å²) >= 11 is 0. The third-order valence-electron chi connectivity index (χ3n) is 3.73. The van der Waals surface area contributed by atoms with Gasteiger partial charge in [0.25, 0.3) is 0 Å². The lowest BCUT2D eigenvalue weighted by Crippen LogP contribution is -2.49. The molecule has 1 atom stereocenters. The maximum atomic E-state index is 12.9. The van der Waals surface area contributed by atoms with Gasteiger partial charge in [-0.2, -0.15) is 0 Å². The van der Waals surface area contributed by atoms with E-state index in [0.717, 1.165) is 5.56 Å². The zero-order valence-electron chi connectivity index (χ0n) is 14.3. The van der Waals surface area contributed by atoms with Gasteiger partial charge in [-0.15, -0.1) is 0 Å². The molecular formula is C19H22FN3O2. The van der Waals surface area contributed by atoms with Crippen LogP contribution in [0.3, 0.4) is 0 Å². The van der Waals surface area contributed by atoms with Crippen LogP contribution in [0.15, 0.2) is 48.8 Å². The second-order valence-electron chi connectivity index (χ2n) is 6.17. The van der Waals surface area contributed by atoms with E-state index in [2.05, 4.69) is 15.6 Å². The quantitative estimate of drug-likeness (QED) is 0.810. The molecule has 1 aromatic carbocycles. The van der Waals surface area contributed by atoms with Crippen LogP contribution in [-0.2, 0) is 22.6 Å². The van der Waals surface area contributed by atoms with Gasteiger partial charge in [-0.05, 0) is 35.2 Å². The number of pyridine rings is 1. The number of benzene rings is 1. The molecule has 0 aliphatic heterocycles. The summed E-state index contributed by atoms with van der Waals surface area (Å²) in [6.07, 6.45) is 3.44. The minimum Gasteiger partial charge on any atom is -0.350 e. The van der Waals surface area contributed by atoms with E-state index in [1.807, 2.05) is 19.9 Å². The molecule has 25 heavy (non-hydrogen) atoms. The van der Waals surface area contributed by atoms with Crippen molar-refractivity contribution in [3.8, 4) is 0 Å². The Hall–Kier alpha value is -2.76. The minimum absolute atomic E-state index is 0.0638. The Morgan fingerprint density at radius 3 is 2.44 bits per heavy atom. The summed E-state index contributed by atoms with van der Waals surface area (Å²) in [5.41, 5.74) is 1.58. The van der Waals surface area contributed by atoms with Crippen molar-refractivity contribution < 1.29 is 14.0 Å². The standard InChI is InChI=1S/C19H22FN3O2/c1-13(2)18(19(25)22-12-15-4-3-9-21-11-15)23-17(24)10-14-5-7-16(20)8-6-14/h3-9,11,13,18H,10,12H2,1-2H3,(H,22,25)(H,23,24)/t18-/m1/s1. The van der Waals surface area contributed by atoms with Gasteiger partial charge in [0, 0.05) is 18.9 Å². The van der Waals surface area contributed by atoms with E-state index in [4.69, 9.17) is 0 Å². The molecule has 0 spiro atoms. The summed E-state index contributed by atoms with van der Waals surface area (Å²) in [6, 6.07) is 8.76. The Kier molecular flexibility index (Phi) is 6.62. The second-order valence-corrected chi connectivity index (χ2v) is 6.17. The van der Waals surface area contributed by atoms with E-state index < -0.39 is 6.04 Å². The van der Waals surface area contributed by atoms with Crippen LogP contribution in [-0.4, -0.2) is 22.8 Å². The molecule has 0 radical (unpaired) electrons. The number of carbonyl (C=O) groups excluding carboxylic acids is 2. The highest BCUT2D eigenvalue weighted by Gasteiger charge is 2.23. The smallest absolute Gasteiger partial charge is 0.243 e. The van der Waals surface area contributed by atoms with Crippen molar-refractivity contribution in [2.24, 2.45) is 5.92 Å². The summed E-state index contributed by atoms with van der Waals surface area (Å²) < 4.78 is 12.9. The lowest BCUT2D eigenvalue weighted by molar-refractivity contribution is -0.129. The van der Waals surface area contributed by atoms with Gasteiger partial charge in [0.05, 0.1) is 6.42 Å². The predicted octanol–water partition coefficient (Wildman–Crippen LogP) is 2.22. The predicted molar refractivity (Wildman–Crippen MR) is 93.0 cm³/mol. The van der Waals surface area contributed by atoms with Gasteiger partial charge in [-0.25, -0.2) is 4.39 Å². The molecule has 2 N–H and O–H groups in total. The molecule has 2 rings (SSSR count). The van der Waals surface area contributed by atoms with Crippen LogP contribution in [0.25, 0.3) is 0 Å². The van der Waals surface area contributed by atoms with Crippen LogP contribution < -0.4 is 10.6 Å². The fourth-order valence-corrected chi connectivity index (χ4v) is 2.35. The largest absolute Gasteiger partial charge is 0.350 e. The third kappa shape index (κ3) is 5.99. The van der Waals surface area contributed by atoms with Crippen molar-refractivity contribution in [3.63, 3.8) is 0 Å². The lowest BCUT2D eigenvalue weighted by atomic mass is 10.0. The number of aromatic nitrogens is 1. The molecular weight excluding hydrogens is 321 g/mol. The molecule has 6 heteroatoms. The first-order valence-corrected chi connectivity index (χ1v) is 8.16. The van der Waals surface area contributed by atoms with Crippen LogP contribution in [0.4, 0.5) is 4.39 Å². The van der Waals surface area contributed by atoms with Gasteiger partial charge < -0.3 is 10.6 Å². The van der Waals surface area contributed by atoms with Crippen LogP contribution in [0.2, 0.25) is 0 Å². The Morgan fingerprint density at radius 1 is 1.12 bits per heavy atom. The number of halogens is 1. The molecule has 0 saturated heterocycles.